The van der Waals surface area contributed by atoms with Crippen LogP contribution in [0.2, 0.25) is 0 Å². The van der Waals surface area contributed by atoms with E-state index in [1.807, 2.05) is 72.8 Å². The van der Waals surface area contributed by atoms with Gasteiger partial charge in [-0.15, -0.1) is 11.8 Å². The largest absolute Gasteiger partial charge is 0.392 e. The molecule has 0 radical (unpaired) electrons. The first-order chi connectivity index (χ1) is 21.8. The Labute approximate surface area is 269 Å². The zero-order chi connectivity index (χ0) is 32.0. The lowest BCUT2D eigenvalue weighted by atomic mass is 10.0. The number of benzene rings is 3. The summed E-state index contributed by atoms with van der Waals surface area (Å²) < 4.78 is 12.9. The van der Waals surface area contributed by atoms with Crippen LogP contribution in [0.5, 0.6) is 0 Å². The summed E-state index contributed by atoms with van der Waals surface area (Å²) in [6, 6.07) is 23.5. The number of amides is 3. The maximum atomic E-state index is 12.3. The van der Waals surface area contributed by atoms with Gasteiger partial charge < -0.3 is 30.5 Å². The molecule has 1 aliphatic rings. The van der Waals surface area contributed by atoms with Gasteiger partial charge in [0.05, 0.1) is 18.8 Å². The van der Waals surface area contributed by atoms with Crippen LogP contribution in [0.4, 0.5) is 5.69 Å². The molecule has 1 aliphatic heterocycles. The first-order valence-electron chi connectivity index (χ1n) is 15.4. The number of rotatable bonds is 15. The summed E-state index contributed by atoms with van der Waals surface area (Å²) in [5.74, 6) is 0.603. The molecule has 3 amide bonds. The van der Waals surface area contributed by atoms with Crippen LogP contribution in [0.25, 0.3) is 0 Å². The summed E-state index contributed by atoms with van der Waals surface area (Å²) in [4.78, 5) is 35.6. The number of carbonyl (C=O) groups excluding carboxylic acids is 3. The lowest BCUT2D eigenvalue weighted by molar-refractivity contribution is -0.245. The average molecular weight is 634 g/mol. The summed E-state index contributed by atoms with van der Waals surface area (Å²) in [5, 5.41) is 18.0. The maximum absolute atomic E-state index is 12.3. The van der Waals surface area contributed by atoms with E-state index >= 15 is 0 Å². The Balaban J connectivity index is 1.33. The second-order valence-corrected chi connectivity index (χ2v) is 12.3. The average Bonchev–Trinajstić information content (AvgIpc) is 3.05. The second-order valence-electron chi connectivity index (χ2n) is 11.2. The molecule has 1 heterocycles. The molecule has 4 N–H and O–H groups in total. The number of ether oxygens (including phenoxy) is 2. The standard InChI is InChI=1S/C35H43N3O6S/c1-24(40)36-19-5-3-4-6-34(42)37-21-26-7-13-29(14-8-26)35-43-31(20-33(44-35)28-11-9-27(22-39)10-12-28)23-45-32-17-15-30(16-18-32)38-25(2)41/h7-18,31,33,35,39H,3-6,19-23H2,1-2H3,(H,36,40)(H,37,42)(H,38,41). The molecule has 1 fully saturated rings. The molecule has 0 aromatic heterocycles. The molecule has 3 aromatic rings. The first kappa shape index (κ1) is 34.2. The Morgan fingerprint density at radius 3 is 2.16 bits per heavy atom. The van der Waals surface area contributed by atoms with Crippen molar-refractivity contribution in [2.24, 2.45) is 0 Å². The summed E-state index contributed by atoms with van der Waals surface area (Å²) in [7, 11) is 0. The Bertz CT molecular complexity index is 1380. The van der Waals surface area contributed by atoms with Crippen molar-refractivity contribution < 1.29 is 29.0 Å². The smallest absolute Gasteiger partial charge is 0.221 e. The molecule has 0 saturated carbocycles. The fourth-order valence-electron chi connectivity index (χ4n) is 4.98. The molecule has 9 nitrogen and oxygen atoms in total. The fourth-order valence-corrected chi connectivity index (χ4v) is 5.90. The minimum atomic E-state index is -0.560. The number of hydrogen-bond acceptors (Lipinski definition) is 7. The van der Waals surface area contributed by atoms with Gasteiger partial charge in [-0.25, -0.2) is 0 Å². The molecule has 4 rings (SSSR count). The number of unbranched alkanes of at least 4 members (excludes halogenated alkanes) is 2. The summed E-state index contributed by atoms with van der Waals surface area (Å²) in [5.41, 5.74) is 4.53. The molecular formula is C35H43N3O6S. The van der Waals surface area contributed by atoms with E-state index in [1.165, 1.54) is 13.8 Å². The molecule has 3 atom stereocenters. The molecule has 10 heteroatoms. The minimum absolute atomic E-state index is 0.00965. The number of aliphatic hydroxyl groups excluding tert-OH is 1. The van der Waals surface area contributed by atoms with Crippen LogP contribution in [0, 0.1) is 0 Å². The van der Waals surface area contributed by atoms with Gasteiger partial charge in [0.2, 0.25) is 17.7 Å². The molecule has 45 heavy (non-hydrogen) atoms. The van der Waals surface area contributed by atoms with Crippen molar-refractivity contribution in [2.75, 3.05) is 17.6 Å². The summed E-state index contributed by atoms with van der Waals surface area (Å²) in [6.45, 7) is 4.07. The van der Waals surface area contributed by atoms with E-state index in [-0.39, 0.29) is 36.5 Å². The van der Waals surface area contributed by atoms with E-state index in [9.17, 15) is 19.5 Å². The highest BCUT2D eigenvalue weighted by atomic mass is 32.2. The van der Waals surface area contributed by atoms with Crippen LogP contribution in [0.1, 0.15) is 80.6 Å². The van der Waals surface area contributed by atoms with Gasteiger partial charge in [-0.2, -0.15) is 0 Å². The monoisotopic (exact) mass is 633 g/mol. The van der Waals surface area contributed by atoms with E-state index in [1.54, 1.807) is 11.8 Å². The van der Waals surface area contributed by atoms with Gasteiger partial charge in [-0.05, 0) is 53.8 Å². The van der Waals surface area contributed by atoms with E-state index in [2.05, 4.69) is 16.0 Å². The normalized spacial score (nSPS) is 17.8. The molecule has 0 aliphatic carbocycles. The van der Waals surface area contributed by atoms with Gasteiger partial charge in [0.15, 0.2) is 6.29 Å². The Morgan fingerprint density at radius 2 is 1.49 bits per heavy atom. The van der Waals surface area contributed by atoms with Crippen LogP contribution >= 0.6 is 11.8 Å². The number of hydrogen-bond donors (Lipinski definition) is 4. The topological polar surface area (TPSA) is 126 Å². The third kappa shape index (κ3) is 11.6. The van der Waals surface area contributed by atoms with Crippen LogP contribution in [0.15, 0.2) is 77.7 Å². The van der Waals surface area contributed by atoms with Crippen molar-refractivity contribution >= 4 is 35.2 Å². The van der Waals surface area contributed by atoms with Gasteiger partial charge in [-0.3, -0.25) is 14.4 Å². The van der Waals surface area contributed by atoms with Crippen molar-refractivity contribution in [2.45, 2.75) is 82.5 Å². The third-order valence-electron chi connectivity index (χ3n) is 7.42. The summed E-state index contributed by atoms with van der Waals surface area (Å²) >= 11 is 1.69. The van der Waals surface area contributed by atoms with Crippen molar-refractivity contribution in [1.29, 1.82) is 0 Å². The van der Waals surface area contributed by atoms with E-state index in [4.69, 9.17) is 9.47 Å². The highest BCUT2D eigenvalue weighted by Crippen LogP contribution is 2.39. The third-order valence-corrected chi connectivity index (χ3v) is 8.57. The molecule has 240 valence electrons. The molecule has 3 aromatic carbocycles. The van der Waals surface area contributed by atoms with Gasteiger partial charge in [0.1, 0.15) is 0 Å². The van der Waals surface area contributed by atoms with E-state index < -0.39 is 6.29 Å². The van der Waals surface area contributed by atoms with Crippen molar-refractivity contribution in [3.63, 3.8) is 0 Å². The fraction of sp³-hybridized carbons (Fsp3) is 0.400. The number of anilines is 1. The highest BCUT2D eigenvalue weighted by molar-refractivity contribution is 7.99. The van der Waals surface area contributed by atoms with Crippen LogP contribution in [0.3, 0.4) is 0 Å². The Kier molecular flexibility index (Phi) is 13.4. The summed E-state index contributed by atoms with van der Waals surface area (Å²) in [6.07, 6.45) is 2.86. The predicted octanol–water partition coefficient (Wildman–Crippen LogP) is 5.79. The zero-order valence-electron chi connectivity index (χ0n) is 25.9. The van der Waals surface area contributed by atoms with E-state index in [0.29, 0.717) is 25.9 Å². The predicted molar refractivity (Wildman–Crippen MR) is 175 cm³/mol. The molecule has 1 saturated heterocycles. The van der Waals surface area contributed by atoms with Crippen molar-refractivity contribution in [1.82, 2.24) is 10.6 Å². The van der Waals surface area contributed by atoms with Crippen LogP contribution in [-0.4, -0.2) is 41.2 Å². The zero-order valence-corrected chi connectivity index (χ0v) is 26.7. The van der Waals surface area contributed by atoms with Crippen molar-refractivity contribution in [3.8, 4) is 0 Å². The molecule has 3 unspecified atom stereocenters. The van der Waals surface area contributed by atoms with Crippen LogP contribution in [-0.2, 0) is 37.0 Å². The molecular weight excluding hydrogens is 590 g/mol. The lowest BCUT2D eigenvalue weighted by Gasteiger charge is -2.36. The Hall–Kier alpha value is -3.70. The number of carbonyl (C=O) groups is 3. The number of nitrogens with one attached hydrogen (secondary N) is 3. The van der Waals surface area contributed by atoms with Crippen molar-refractivity contribution in [3.05, 3.63) is 95.1 Å². The SMILES string of the molecule is CC(=O)NCCCCCC(=O)NCc1ccc(C2OC(CSc3ccc(NC(C)=O)cc3)CC(c3ccc(CO)cc3)O2)cc1. The van der Waals surface area contributed by atoms with Gasteiger partial charge in [-0.1, -0.05) is 55.0 Å². The molecule has 0 spiro atoms. The van der Waals surface area contributed by atoms with Gasteiger partial charge in [0.25, 0.3) is 0 Å². The maximum Gasteiger partial charge on any atom is 0.221 e. The lowest BCUT2D eigenvalue weighted by Crippen LogP contribution is -2.31. The quantitative estimate of drug-likeness (QED) is 0.123. The first-order valence-corrected chi connectivity index (χ1v) is 16.4. The van der Waals surface area contributed by atoms with Gasteiger partial charge >= 0.3 is 0 Å². The Morgan fingerprint density at radius 1 is 0.800 bits per heavy atom. The number of thioether (sulfide) groups is 1. The highest BCUT2D eigenvalue weighted by Gasteiger charge is 2.32. The van der Waals surface area contributed by atoms with Gasteiger partial charge in [0, 0.05) is 61.7 Å². The van der Waals surface area contributed by atoms with E-state index in [0.717, 1.165) is 57.9 Å². The second kappa shape index (κ2) is 17.7. The molecule has 0 bridgehead atoms. The van der Waals surface area contributed by atoms with Crippen LogP contribution < -0.4 is 16.0 Å². The number of aliphatic hydroxyl groups is 1. The minimum Gasteiger partial charge on any atom is -0.392 e.